The third kappa shape index (κ3) is 2.84. The highest BCUT2D eigenvalue weighted by Gasteiger charge is 2.34. The van der Waals surface area contributed by atoms with E-state index in [9.17, 15) is 9.65 Å². The number of likely N-dealkylation sites (tertiary alicyclic amines) is 1. The molecule has 2 fully saturated rings. The third-order valence-electron chi connectivity index (χ3n) is 4.61. The van der Waals surface area contributed by atoms with Crippen molar-refractivity contribution >= 4 is 0 Å². The zero-order chi connectivity index (χ0) is 15.8. The fourth-order valence-corrected chi connectivity index (χ4v) is 3.20. The lowest BCUT2D eigenvalue weighted by Crippen LogP contribution is -2.24. The number of aromatic nitrogens is 2. The number of nitriles is 1. The van der Waals surface area contributed by atoms with Crippen molar-refractivity contribution in [3.63, 3.8) is 0 Å². The molecule has 2 heterocycles. The van der Waals surface area contributed by atoms with Crippen LogP contribution in [0.25, 0.3) is 0 Å². The first kappa shape index (κ1) is 14.3. The van der Waals surface area contributed by atoms with Gasteiger partial charge in [0.15, 0.2) is 5.82 Å². The molecule has 6 heteroatoms. The minimum Gasteiger partial charge on any atom is -0.339 e. The molecule has 1 aromatic heterocycles. The second-order valence-electron chi connectivity index (χ2n) is 6.31. The summed E-state index contributed by atoms with van der Waals surface area (Å²) in [6, 6.07) is 6.57. The maximum atomic E-state index is 13.3. The Morgan fingerprint density at radius 1 is 1.35 bits per heavy atom. The fourth-order valence-electron chi connectivity index (χ4n) is 3.20. The number of hydrogen-bond acceptors (Lipinski definition) is 5. The summed E-state index contributed by atoms with van der Waals surface area (Å²) in [5.41, 5.74) is 1.23. The SMILES string of the molecule is N#Cc1cc(F)ccc1CN1CCC[C@@H]1c1noc(C2CC2)n1. The molecule has 23 heavy (non-hydrogen) atoms. The van der Waals surface area contributed by atoms with Crippen molar-refractivity contribution in [2.45, 2.75) is 44.2 Å². The Balaban J connectivity index is 1.54. The molecule has 2 aromatic rings. The molecule has 1 atom stereocenters. The highest BCUT2D eigenvalue weighted by atomic mass is 19.1. The smallest absolute Gasteiger partial charge is 0.229 e. The van der Waals surface area contributed by atoms with Crippen molar-refractivity contribution < 1.29 is 8.91 Å². The molecule has 0 amide bonds. The van der Waals surface area contributed by atoms with E-state index < -0.39 is 0 Å². The van der Waals surface area contributed by atoms with Crippen molar-refractivity contribution in [1.29, 1.82) is 5.26 Å². The van der Waals surface area contributed by atoms with Gasteiger partial charge in [-0.05, 0) is 49.9 Å². The Morgan fingerprint density at radius 3 is 3.00 bits per heavy atom. The standard InChI is InChI=1S/C17H17FN4O/c18-14-6-5-12(13(8-14)9-19)10-22-7-1-2-15(22)16-20-17(23-21-16)11-3-4-11/h5-6,8,11,15H,1-4,7,10H2/t15-/m1/s1. The van der Waals surface area contributed by atoms with E-state index in [1.54, 1.807) is 6.07 Å². The molecule has 2 aliphatic rings. The summed E-state index contributed by atoms with van der Waals surface area (Å²) in [5.74, 6) is 1.57. The van der Waals surface area contributed by atoms with Crippen LogP contribution in [0, 0.1) is 17.1 Å². The first-order valence-corrected chi connectivity index (χ1v) is 8.00. The second kappa shape index (κ2) is 5.74. The molecule has 1 aliphatic heterocycles. The van der Waals surface area contributed by atoms with E-state index in [2.05, 4.69) is 21.1 Å². The highest BCUT2D eigenvalue weighted by Crippen LogP contribution is 2.40. The van der Waals surface area contributed by atoms with E-state index in [4.69, 9.17) is 4.52 Å². The first-order chi connectivity index (χ1) is 11.2. The molecular weight excluding hydrogens is 295 g/mol. The summed E-state index contributed by atoms with van der Waals surface area (Å²) in [7, 11) is 0. The van der Waals surface area contributed by atoms with E-state index >= 15 is 0 Å². The molecule has 1 aliphatic carbocycles. The monoisotopic (exact) mass is 312 g/mol. The summed E-state index contributed by atoms with van der Waals surface area (Å²) >= 11 is 0. The molecule has 1 saturated carbocycles. The van der Waals surface area contributed by atoms with Gasteiger partial charge >= 0.3 is 0 Å². The van der Waals surface area contributed by atoms with Gasteiger partial charge in [-0.1, -0.05) is 11.2 Å². The Bertz CT molecular complexity index is 762. The molecule has 0 unspecified atom stereocenters. The number of halogens is 1. The number of benzene rings is 1. The van der Waals surface area contributed by atoms with Gasteiger partial charge in [-0.25, -0.2) is 4.39 Å². The quantitative estimate of drug-likeness (QED) is 0.866. The van der Waals surface area contributed by atoms with E-state index in [0.29, 0.717) is 18.0 Å². The molecule has 0 N–H and O–H groups in total. The molecule has 1 aromatic carbocycles. The van der Waals surface area contributed by atoms with Gasteiger partial charge in [0.05, 0.1) is 17.7 Å². The second-order valence-corrected chi connectivity index (χ2v) is 6.31. The van der Waals surface area contributed by atoms with Gasteiger partial charge in [0.2, 0.25) is 5.89 Å². The van der Waals surface area contributed by atoms with Crippen LogP contribution in [-0.4, -0.2) is 21.6 Å². The average molecular weight is 312 g/mol. The van der Waals surface area contributed by atoms with Crippen LogP contribution in [0.1, 0.15) is 60.5 Å². The molecular formula is C17H17FN4O. The van der Waals surface area contributed by atoms with E-state index in [-0.39, 0.29) is 11.9 Å². The normalized spacial score (nSPS) is 21.5. The summed E-state index contributed by atoms with van der Waals surface area (Å²) in [6.45, 7) is 1.52. The van der Waals surface area contributed by atoms with Gasteiger partial charge in [0, 0.05) is 12.5 Å². The Labute approximate surface area is 133 Å². The minimum atomic E-state index is -0.379. The number of rotatable bonds is 4. The molecule has 0 radical (unpaired) electrons. The zero-order valence-electron chi connectivity index (χ0n) is 12.7. The van der Waals surface area contributed by atoms with Gasteiger partial charge in [-0.2, -0.15) is 10.2 Å². The van der Waals surface area contributed by atoms with Gasteiger partial charge in [0.1, 0.15) is 5.82 Å². The molecule has 4 rings (SSSR count). The number of nitrogens with zero attached hydrogens (tertiary/aromatic N) is 4. The summed E-state index contributed by atoms with van der Waals surface area (Å²) in [4.78, 5) is 6.80. The van der Waals surface area contributed by atoms with Crippen LogP contribution in [0.15, 0.2) is 22.7 Å². The van der Waals surface area contributed by atoms with E-state index in [1.165, 1.54) is 12.1 Å². The Morgan fingerprint density at radius 2 is 2.22 bits per heavy atom. The van der Waals surface area contributed by atoms with Gasteiger partial charge in [-0.15, -0.1) is 0 Å². The summed E-state index contributed by atoms with van der Waals surface area (Å²) < 4.78 is 18.6. The van der Waals surface area contributed by atoms with Gasteiger partial charge < -0.3 is 4.52 Å². The molecule has 1 saturated heterocycles. The predicted octanol–water partition coefficient (Wildman–Crippen LogP) is 3.29. The Kier molecular flexibility index (Phi) is 3.58. The zero-order valence-corrected chi connectivity index (χ0v) is 12.7. The topological polar surface area (TPSA) is 66.0 Å². The predicted molar refractivity (Wildman–Crippen MR) is 79.8 cm³/mol. The maximum absolute atomic E-state index is 13.3. The van der Waals surface area contributed by atoms with Gasteiger partial charge in [-0.3, -0.25) is 4.90 Å². The third-order valence-corrected chi connectivity index (χ3v) is 4.61. The van der Waals surface area contributed by atoms with Crippen LogP contribution >= 0.6 is 0 Å². The lowest BCUT2D eigenvalue weighted by molar-refractivity contribution is 0.234. The van der Waals surface area contributed by atoms with Crippen molar-refractivity contribution in [2.24, 2.45) is 0 Å². The lowest BCUT2D eigenvalue weighted by Gasteiger charge is -2.22. The number of hydrogen-bond donors (Lipinski definition) is 0. The molecule has 118 valence electrons. The highest BCUT2D eigenvalue weighted by molar-refractivity contribution is 5.38. The van der Waals surface area contributed by atoms with Crippen molar-refractivity contribution in [3.8, 4) is 6.07 Å². The average Bonchev–Trinajstić information content (AvgIpc) is 3.11. The largest absolute Gasteiger partial charge is 0.339 e. The first-order valence-electron chi connectivity index (χ1n) is 8.00. The van der Waals surface area contributed by atoms with Crippen LogP contribution in [0.2, 0.25) is 0 Å². The molecule has 0 bridgehead atoms. The van der Waals surface area contributed by atoms with E-state index in [1.807, 2.05) is 0 Å². The van der Waals surface area contributed by atoms with Crippen LogP contribution in [0.4, 0.5) is 4.39 Å². The molecule has 5 nitrogen and oxygen atoms in total. The lowest BCUT2D eigenvalue weighted by atomic mass is 10.1. The minimum absolute atomic E-state index is 0.114. The van der Waals surface area contributed by atoms with Crippen molar-refractivity contribution in [2.75, 3.05) is 6.54 Å². The van der Waals surface area contributed by atoms with Crippen LogP contribution < -0.4 is 0 Å². The van der Waals surface area contributed by atoms with Crippen LogP contribution in [0.3, 0.4) is 0 Å². The fraction of sp³-hybridized carbons (Fsp3) is 0.471. The maximum Gasteiger partial charge on any atom is 0.229 e. The summed E-state index contributed by atoms with van der Waals surface area (Å²) in [5, 5.41) is 13.4. The van der Waals surface area contributed by atoms with E-state index in [0.717, 1.165) is 49.5 Å². The summed E-state index contributed by atoms with van der Waals surface area (Å²) in [6.07, 6.45) is 4.31. The van der Waals surface area contributed by atoms with Crippen LogP contribution in [-0.2, 0) is 6.54 Å². The van der Waals surface area contributed by atoms with Crippen molar-refractivity contribution in [1.82, 2.24) is 15.0 Å². The van der Waals surface area contributed by atoms with Crippen LogP contribution in [0.5, 0.6) is 0 Å². The molecule has 0 spiro atoms. The van der Waals surface area contributed by atoms with Gasteiger partial charge in [0.25, 0.3) is 0 Å². The van der Waals surface area contributed by atoms with Crippen molar-refractivity contribution in [3.05, 3.63) is 46.9 Å². The Hall–Kier alpha value is -2.26.